The summed E-state index contributed by atoms with van der Waals surface area (Å²) in [6.07, 6.45) is 9.74. The lowest BCUT2D eigenvalue weighted by atomic mass is 9.88. The van der Waals surface area contributed by atoms with Crippen molar-refractivity contribution in [2.75, 3.05) is 31.6 Å². The van der Waals surface area contributed by atoms with E-state index >= 15 is 0 Å². The lowest BCUT2D eigenvalue weighted by Crippen LogP contribution is -2.48. The fraction of sp³-hybridized carbons (Fsp3) is 0.667. The van der Waals surface area contributed by atoms with E-state index in [1.807, 2.05) is 29.2 Å². The highest BCUT2D eigenvalue weighted by molar-refractivity contribution is 5.94. The highest BCUT2D eigenvalue weighted by atomic mass is 16.2. The molecule has 1 saturated carbocycles. The van der Waals surface area contributed by atoms with Gasteiger partial charge in [0, 0.05) is 49.9 Å². The largest absolute Gasteiger partial charge is 0.375 e. The fourth-order valence-electron chi connectivity index (χ4n) is 4.48. The van der Waals surface area contributed by atoms with Crippen LogP contribution in [0.25, 0.3) is 0 Å². The Morgan fingerprint density at radius 3 is 2.31 bits per heavy atom. The molecule has 1 heterocycles. The number of amides is 2. The Hall–Kier alpha value is -2.04. The molecule has 1 aromatic rings. The van der Waals surface area contributed by atoms with Gasteiger partial charge in [0.05, 0.1) is 0 Å². The maximum absolute atomic E-state index is 12.9. The molecule has 0 aromatic heterocycles. The van der Waals surface area contributed by atoms with Gasteiger partial charge in [-0.25, -0.2) is 0 Å². The molecular weight excluding hydrogens is 362 g/mol. The van der Waals surface area contributed by atoms with Gasteiger partial charge < -0.3 is 15.1 Å². The van der Waals surface area contributed by atoms with Crippen LogP contribution in [0.3, 0.4) is 0 Å². The number of benzene rings is 1. The van der Waals surface area contributed by atoms with Crippen molar-refractivity contribution in [3.05, 3.63) is 29.8 Å². The summed E-state index contributed by atoms with van der Waals surface area (Å²) in [5.41, 5.74) is 1.90. The van der Waals surface area contributed by atoms with E-state index in [2.05, 4.69) is 24.2 Å². The molecule has 0 spiro atoms. The minimum absolute atomic E-state index is 0.102. The van der Waals surface area contributed by atoms with Crippen LogP contribution < -0.4 is 10.2 Å². The molecule has 29 heavy (non-hydrogen) atoms. The van der Waals surface area contributed by atoms with Gasteiger partial charge in [-0.3, -0.25) is 9.59 Å². The van der Waals surface area contributed by atoms with Gasteiger partial charge >= 0.3 is 0 Å². The predicted octanol–water partition coefficient (Wildman–Crippen LogP) is 4.22. The molecule has 1 aliphatic carbocycles. The number of nitrogens with one attached hydrogen (secondary N) is 1. The van der Waals surface area contributed by atoms with Crippen LogP contribution in [-0.2, 0) is 4.79 Å². The molecule has 0 unspecified atom stereocenters. The summed E-state index contributed by atoms with van der Waals surface area (Å²) in [6.45, 7) is 4.66. The van der Waals surface area contributed by atoms with E-state index in [1.165, 1.54) is 32.1 Å². The van der Waals surface area contributed by atoms with E-state index in [4.69, 9.17) is 0 Å². The normalized spacial score (nSPS) is 18.5. The number of hydrogen-bond donors (Lipinski definition) is 1. The topological polar surface area (TPSA) is 52.7 Å². The molecule has 2 amide bonds. The second-order valence-corrected chi connectivity index (χ2v) is 8.73. The highest BCUT2D eigenvalue weighted by Gasteiger charge is 2.27. The molecule has 2 aliphatic rings. The summed E-state index contributed by atoms with van der Waals surface area (Å²) in [5.74, 6) is 0.541. The van der Waals surface area contributed by atoms with Crippen LogP contribution in [0, 0.1) is 5.92 Å². The quantitative estimate of drug-likeness (QED) is 0.747. The van der Waals surface area contributed by atoms with Crippen LogP contribution >= 0.6 is 0 Å². The highest BCUT2D eigenvalue weighted by Crippen LogP contribution is 2.24. The molecule has 160 valence electrons. The summed E-state index contributed by atoms with van der Waals surface area (Å²) in [6, 6.07) is 8.18. The SMILES string of the molecule is CCCCN(C)c1ccc(C(=O)N2CCC(NC(=O)C3CCCCC3)CC2)cc1. The van der Waals surface area contributed by atoms with Crippen molar-refractivity contribution in [1.29, 1.82) is 0 Å². The van der Waals surface area contributed by atoms with Crippen molar-refractivity contribution in [1.82, 2.24) is 10.2 Å². The maximum Gasteiger partial charge on any atom is 0.253 e. The molecule has 0 radical (unpaired) electrons. The minimum atomic E-state index is 0.102. The third-order valence-electron chi connectivity index (χ3n) is 6.51. The first kappa shape index (κ1) is 21.7. The number of unbranched alkanes of at least 4 members (excludes halogenated alkanes) is 1. The fourth-order valence-corrected chi connectivity index (χ4v) is 4.48. The third-order valence-corrected chi connectivity index (χ3v) is 6.51. The van der Waals surface area contributed by atoms with Gasteiger partial charge in [0.2, 0.25) is 5.91 Å². The van der Waals surface area contributed by atoms with Crippen molar-refractivity contribution in [2.24, 2.45) is 5.92 Å². The second-order valence-electron chi connectivity index (χ2n) is 8.73. The molecule has 1 N–H and O–H groups in total. The number of nitrogens with zero attached hydrogens (tertiary/aromatic N) is 2. The van der Waals surface area contributed by atoms with E-state index in [9.17, 15) is 9.59 Å². The summed E-state index contributed by atoms with van der Waals surface area (Å²) in [5, 5.41) is 3.24. The average molecular weight is 400 g/mol. The van der Waals surface area contributed by atoms with Gasteiger partial charge in [0.1, 0.15) is 0 Å². The number of carbonyl (C=O) groups excluding carboxylic acids is 2. The van der Waals surface area contributed by atoms with Gasteiger partial charge in [-0.05, 0) is 56.4 Å². The van der Waals surface area contributed by atoms with Crippen LogP contribution in [-0.4, -0.2) is 49.4 Å². The zero-order chi connectivity index (χ0) is 20.6. The molecule has 1 aliphatic heterocycles. The zero-order valence-electron chi connectivity index (χ0n) is 18.2. The van der Waals surface area contributed by atoms with Crippen LogP contribution in [0.5, 0.6) is 0 Å². The first-order chi connectivity index (χ1) is 14.1. The number of carbonyl (C=O) groups is 2. The first-order valence-corrected chi connectivity index (χ1v) is 11.5. The predicted molar refractivity (Wildman–Crippen MR) is 118 cm³/mol. The van der Waals surface area contributed by atoms with Crippen LogP contribution in [0.2, 0.25) is 0 Å². The van der Waals surface area contributed by atoms with Gasteiger partial charge in [-0.2, -0.15) is 0 Å². The Balaban J connectivity index is 1.46. The Morgan fingerprint density at radius 2 is 1.69 bits per heavy atom. The summed E-state index contributed by atoms with van der Waals surface area (Å²) in [7, 11) is 2.10. The second kappa shape index (κ2) is 10.7. The molecular formula is C24H37N3O2. The Kier molecular flexibility index (Phi) is 7.96. The Labute approximate surface area is 175 Å². The van der Waals surface area contributed by atoms with E-state index < -0.39 is 0 Å². The maximum atomic E-state index is 12.9. The van der Waals surface area contributed by atoms with Crippen molar-refractivity contribution in [2.45, 2.75) is 70.8 Å². The molecule has 5 nitrogen and oxygen atoms in total. The standard InChI is InChI=1S/C24H37N3O2/c1-3-4-16-26(2)22-12-10-20(11-13-22)24(29)27-17-14-21(15-18-27)25-23(28)19-8-6-5-7-9-19/h10-13,19,21H,3-9,14-18H2,1-2H3,(H,25,28). The molecule has 1 saturated heterocycles. The smallest absolute Gasteiger partial charge is 0.253 e. The lowest BCUT2D eigenvalue weighted by molar-refractivity contribution is -0.126. The minimum Gasteiger partial charge on any atom is -0.375 e. The molecule has 0 bridgehead atoms. The van der Waals surface area contributed by atoms with Crippen LogP contribution in [0.1, 0.15) is 75.1 Å². The number of anilines is 1. The Bertz CT molecular complexity index is 659. The third kappa shape index (κ3) is 5.97. The number of rotatable bonds is 7. The number of likely N-dealkylation sites (tertiary alicyclic amines) is 1. The molecule has 1 aromatic carbocycles. The van der Waals surface area contributed by atoms with Crippen molar-refractivity contribution in [3.63, 3.8) is 0 Å². The van der Waals surface area contributed by atoms with Gasteiger partial charge in [0.15, 0.2) is 0 Å². The zero-order valence-corrected chi connectivity index (χ0v) is 18.2. The Morgan fingerprint density at radius 1 is 1.03 bits per heavy atom. The van der Waals surface area contributed by atoms with Gasteiger partial charge in [-0.15, -0.1) is 0 Å². The number of piperidine rings is 1. The molecule has 0 atom stereocenters. The van der Waals surface area contributed by atoms with Gasteiger partial charge in [-0.1, -0.05) is 32.6 Å². The van der Waals surface area contributed by atoms with Crippen molar-refractivity contribution < 1.29 is 9.59 Å². The molecule has 5 heteroatoms. The van der Waals surface area contributed by atoms with E-state index in [0.29, 0.717) is 13.1 Å². The lowest BCUT2D eigenvalue weighted by Gasteiger charge is -2.33. The number of hydrogen-bond acceptors (Lipinski definition) is 3. The average Bonchev–Trinajstić information content (AvgIpc) is 2.78. The van der Waals surface area contributed by atoms with Crippen LogP contribution in [0.4, 0.5) is 5.69 Å². The van der Waals surface area contributed by atoms with Crippen LogP contribution in [0.15, 0.2) is 24.3 Å². The van der Waals surface area contributed by atoms with E-state index in [0.717, 1.165) is 43.5 Å². The van der Waals surface area contributed by atoms with Crippen molar-refractivity contribution >= 4 is 17.5 Å². The molecule has 2 fully saturated rings. The monoisotopic (exact) mass is 399 g/mol. The summed E-state index contributed by atoms with van der Waals surface area (Å²) in [4.78, 5) is 29.5. The summed E-state index contributed by atoms with van der Waals surface area (Å²) < 4.78 is 0. The van der Waals surface area contributed by atoms with E-state index in [1.54, 1.807) is 0 Å². The van der Waals surface area contributed by atoms with Gasteiger partial charge in [0.25, 0.3) is 5.91 Å². The van der Waals surface area contributed by atoms with E-state index in [-0.39, 0.29) is 23.8 Å². The van der Waals surface area contributed by atoms with Crippen molar-refractivity contribution in [3.8, 4) is 0 Å². The molecule has 3 rings (SSSR count). The summed E-state index contributed by atoms with van der Waals surface area (Å²) >= 11 is 0. The first-order valence-electron chi connectivity index (χ1n) is 11.5.